The van der Waals surface area contributed by atoms with Gasteiger partial charge in [-0.15, -0.1) is 10.2 Å². The summed E-state index contributed by atoms with van der Waals surface area (Å²) in [6.45, 7) is 3.60. The molecule has 166 valence electrons. The van der Waals surface area contributed by atoms with E-state index in [0.29, 0.717) is 41.7 Å². The van der Waals surface area contributed by atoms with Crippen molar-refractivity contribution in [3.05, 3.63) is 69.1 Å². The van der Waals surface area contributed by atoms with Crippen molar-refractivity contribution in [2.75, 3.05) is 25.0 Å². The van der Waals surface area contributed by atoms with Crippen molar-refractivity contribution in [3.63, 3.8) is 0 Å². The van der Waals surface area contributed by atoms with Crippen LogP contribution in [0.2, 0.25) is 5.02 Å². The van der Waals surface area contributed by atoms with Crippen molar-refractivity contribution >= 4 is 40.4 Å². The summed E-state index contributed by atoms with van der Waals surface area (Å²) >= 11 is 7.24. The number of rotatable bonds is 6. The third-order valence-electron chi connectivity index (χ3n) is 5.19. The average molecular weight is 471 g/mol. The Kier molecular flexibility index (Phi) is 7.02. The van der Waals surface area contributed by atoms with Crippen molar-refractivity contribution < 1.29 is 14.3 Å². The van der Waals surface area contributed by atoms with Crippen molar-refractivity contribution in [1.29, 1.82) is 0 Å². The second-order valence-corrected chi connectivity index (χ2v) is 8.87. The van der Waals surface area contributed by atoms with Gasteiger partial charge >= 0.3 is 0 Å². The van der Waals surface area contributed by atoms with Crippen LogP contribution in [0.3, 0.4) is 0 Å². The fourth-order valence-electron chi connectivity index (χ4n) is 3.70. The predicted octanol–water partition coefficient (Wildman–Crippen LogP) is 4.86. The molecular weight excluding hydrogens is 448 g/mol. The van der Waals surface area contributed by atoms with E-state index in [4.69, 9.17) is 16.3 Å². The van der Waals surface area contributed by atoms with Crippen LogP contribution >= 0.6 is 22.9 Å². The standard InChI is InChI=1S/C23H23ClN4O3S/c1-2-31-19-11-4-3-10-18(19)23(30)28-12-6-7-15(14-28)21-26-27-22(32-21)20(29)25-17-9-5-8-16(24)13-17/h3-5,8-11,13,15H,2,6-7,12,14H2,1H3,(H,25,29)/t15-/m1/s1. The molecular formula is C23H23ClN4O3S. The van der Waals surface area contributed by atoms with Gasteiger partial charge in [-0.05, 0) is 50.1 Å². The van der Waals surface area contributed by atoms with Gasteiger partial charge in [-0.25, -0.2) is 0 Å². The average Bonchev–Trinajstić information content (AvgIpc) is 3.30. The van der Waals surface area contributed by atoms with E-state index in [1.807, 2.05) is 30.0 Å². The molecule has 9 heteroatoms. The van der Waals surface area contributed by atoms with E-state index in [-0.39, 0.29) is 22.7 Å². The first-order valence-corrected chi connectivity index (χ1v) is 11.7. The summed E-state index contributed by atoms with van der Waals surface area (Å²) in [5.74, 6) is 0.253. The number of halogens is 1. The van der Waals surface area contributed by atoms with Crippen LogP contribution < -0.4 is 10.1 Å². The largest absolute Gasteiger partial charge is 0.493 e. The number of anilines is 1. The highest BCUT2D eigenvalue weighted by molar-refractivity contribution is 7.13. The second-order valence-electron chi connectivity index (χ2n) is 7.43. The number of benzene rings is 2. The van der Waals surface area contributed by atoms with Crippen LogP contribution in [0.4, 0.5) is 5.69 Å². The van der Waals surface area contributed by atoms with Gasteiger partial charge in [-0.1, -0.05) is 41.1 Å². The molecule has 0 spiro atoms. The monoisotopic (exact) mass is 470 g/mol. The number of aromatic nitrogens is 2. The van der Waals surface area contributed by atoms with E-state index in [1.54, 1.807) is 30.3 Å². The molecule has 1 atom stereocenters. The molecule has 1 aromatic heterocycles. The number of para-hydroxylation sites is 1. The second kappa shape index (κ2) is 10.1. The molecule has 0 aliphatic carbocycles. The summed E-state index contributed by atoms with van der Waals surface area (Å²) in [7, 11) is 0. The number of amides is 2. The van der Waals surface area contributed by atoms with E-state index in [9.17, 15) is 9.59 Å². The lowest BCUT2D eigenvalue weighted by Gasteiger charge is -2.32. The number of carbonyl (C=O) groups is 2. The topological polar surface area (TPSA) is 84.4 Å². The molecule has 0 radical (unpaired) electrons. The Morgan fingerprint density at radius 2 is 2.06 bits per heavy atom. The van der Waals surface area contributed by atoms with Gasteiger partial charge in [-0.2, -0.15) is 0 Å². The third-order valence-corrected chi connectivity index (χ3v) is 6.51. The first kappa shape index (κ1) is 22.2. The fourth-order valence-corrected chi connectivity index (χ4v) is 4.75. The number of hydrogen-bond donors (Lipinski definition) is 1. The van der Waals surface area contributed by atoms with Gasteiger partial charge in [0, 0.05) is 29.7 Å². The van der Waals surface area contributed by atoms with Gasteiger partial charge in [0.05, 0.1) is 12.2 Å². The molecule has 0 unspecified atom stereocenters. The minimum atomic E-state index is -0.328. The molecule has 1 N–H and O–H groups in total. The predicted molar refractivity (Wildman–Crippen MR) is 125 cm³/mol. The molecule has 2 aromatic carbocycles. The lowest BCUT2D eigenvalue weighted by atomic mass is 9.98. The SMILES string of the molecule is CCOc1ccccc1C(=O)N1CCC[C@@H](c2nnc(C(=O)Nc3cccc(Cl)c3)s2)C1. The van der Waals surface area contributed by atoms with Gasteiger partial charge in [0.1, 0.15) is 10.8 Å². The molecule has 32 heavy (non-hydrogen) atoms. The van der Waals surface area contributed by atoms with Crippen LogP contribution in [0, 0.1) is 0 Å². The van der Waals surface area contributed by atoms with E-state index in [2.05, 4.69) is 15.5 Å². The van der Waals surface area contributed by atoms with Crippen LogP contribution in [0.25, 0.3) is 0 Å². The number of carbonyl (C=O) groups excluding carboxylic acids is 2. The maximum atomic E-state index is 13.2. The molecule has 1 fully saturated rings. The molecule has 4 rings (SSSR count). The number of nitrogens with zero attached hydrogens (tertiary/aromatic N) is 3. The lowest BCUT2D eigenvalue weighted by molar-refractivity contribution is 0.0702. The quantitative estimate of drug-likeness (QED) is 0.556. The molecule has 2 amide bonds. The molecule has 7 nitrogen and oxygen atoms in total. The van der Waals surface area contributed by atoms with Gasteiger partial charge in [-0.3, -0.25) is 9.59 Å². The van der Waals surface area contributed by atoms with Crippen LogP contribution in [0.5, 0.6) is 5.75 Å². The minimum Gasteiger partial charge on any atom is -0.493 e. The summed E-state index contributed by atoms with van der Waals surface area (Å²) < 4.78 is 5.63. The zero-order valence-corrected chi connectivity index (χ0v) is 19.2. The Hall–Kier alpha value is -2.97. The van der Waals surface area contributed by atoms with Crippen LogP contribution in [-0.2, 0) is 0 Å². The molecule has 1 aliphatic heterocycles. The van der Waals surface area contributed by atoms with Crippen molar-refractivity contribution in [2.24, 2.45) is 0 Å². The number of ether oxygens (including phenoxy) is 1. The van der Waals surface area contributed by atoms with Gasteiger partial charge in [0.25, 0.3) is 11.8 Å². The molecule has 2 heterocycles. The first-order chi connectivity index (χ1) is 15.5. The van der Waals surface area contributed by atoms with E-state index in [1.165, 1.54) is 11.3 Å². The summed E-state index contributed by atoms with van der Waals surface area (Å²) in [6, 6.07) is 14.2. The Bertz CT molecular complexity index is 1120. The number of likely N-dealkylation sites (tertiary alicyclic amines) is 1. The van der Waals surface area contributed by atoms with Crippen LogP contribution in [0.1, 0.15) is 50.9 Å². The summed E-state index contributed by atoms with van der Waals surface area (Å²) in [6.07, 6.45) is 1.75. The van der Waals surface area contributed by atoms with E-state index < -0.39 is 0 Å². The highest BCUT2D eigenvalue weighted by Crippen LogP contribution is 2.31. The Morgan fingerprint density at radius 1 is 1.22 bits per heavy atom. The first-order valence-electron chi connectivity index (χ1n) is 10.5. The van der Waals surface area contributed by atoms with Crippen molar-refractivity contribution in [1.82, 2.24) is 15.1 Å². The number of nitrogens with one attached hydrogen (secondary N) is 1. The smallest absolute Gasteiger partial charge is 0.286 e. The Balaban J connectivity index is 1.44. The Labute approximate surface area is 195 Å². The van der Waals surface area contributed by atoms with E-state index in [0.717, 1.165) is 17.8 Å². The molecule has 0 saturated carbocycles. The zero-order valence-electron chi connectivity index (χ0n) is 17.6. The van der Waals surface area contributed by atoms with Crippen LogP contribution in [-0.4, -0.2) is 46.6 Å². The highest BCUT2D eigenvalue weighted by Gasteiger charge is 2.29. The fraction of sp³-hybridized carbons (Fsp3) is 0.304. The maximum Gasteiger partial charge on any atom is 0.286 e. The van der Waals surface area contributed by atoms with Crippen molar-refractivity contribution in [2.45, 2.75) is 25.7 Å². The molecule has 0 bridgehead atoms. The number of hydrogen-bond acceptors (Lipinski definition) is 6. The van der Waals surface area contributed by atoms with Gasteiger partial charge in [0.2, 0.25) is 5.01 Å². The van der Waals surface area contributed by atoms with Crippen molar-refractivity contribution in [3.8, 4) is 5.75 Å². The molecule has 3 aromatic rings. The minimum absolute atomic E-state index is 0.0391. The highest BCUT2D eigenvalue weighted by atomic mass is 35.5. The van der Waals surface area contributed by atoms with Gasteiger partial charge < -0.3 is 15.0 Å². The summed E-state index contributed by atoms with van der Waals surface area (Å²) in [5, 5.41) is 12.7. The lowest BCUT2D eigenvalue weighted by Crippen LogP contribution is -2.39. The molecule has 1 aliphatic rings. The molecule has 1 saturated heterocycles. The summed E-state index contributed by atoms with van der Waals surface area (Å²) in [5.41, 5.74) is 1.16. The number of piperidine rings is 1. The normalized spacial score (nSPS) is 15.9. The van der Waals surface area contributed by atoms with Crippen LogP contribution in [0.15, 0.2) is 48.5 Å². The third kappa shape index (κ3) is 5.08. The Morgan fingerprint density at radius 3 is 2.88 bits per heavy atom. The summed E-state index contributed by atoms with van der Waals surface area (Å²) in [4.78, 5) is 27.5. The van der Waals surface area contributed by atoms with Gasteiger partial charge in [0.15, 0.2) is 0 Å². The maximum absolute atomic E-state index is 13.2. The zero-order chi connectivity index (χ0) is 22.5. The van der Waals surface area contributed by atoms with E-state index >= 15 is 0 Å².